The zero-order valence-corrected chi connectivity index (χ0v) is 14.9. The average Bonchev–Trinajstić information content (AvgIpc) is 3.06. The minimum Gasteiger partial charge on any atom is -0.288 e. The van der Waals surface area contributed by atoms with Crippen LogP contribution in [-0.4, -0.2) is 16.8 Å². The summed E-state index contributed by atoms with van der Waals surface area (Å²) in [6, 6.07) is 10.7. The molecule has 0 saturated heterocycles. The SMILES string of the molecule is CCc1cc2cc(Cl)sc2nc1Cl.O=C1NC(=O)c2ccccc21. The molecule has 0 saturated carbocycles. The lowest BCUT2D eigenvalue weighted by Gasteiger charge is -1.98. The minimum absolute atomic E-state index is 0.300. The van der Waals surface area contributed by atoms with E-state index in [4.69, 9.17) is 23.2 Å². The highest BCUT2D eigenvalue weighted by Gasteiger charge is 2.25. The summed E-state index contributed by atoms with van der Waals surface area (Å²) in [4.78, 5) is 27.1. The third-order valence-electron chi connectivity index (χ3n) is 3.53. The highest BCUT2D eigenvalue weighted by molar-refractivity contribution is 7.22. The molecule has 0 bridgehead atoms. The van der Waals surface area contributed by atoms with Crippen molar-refractivity contribution >= 4 is 56.6 Å². The summed E-state index contributed by atoms with van der Waals surface area (Å²) in [7, 11) is 0. The van der Waals surface area contributed by atoms with Gasteiger partial charge in [0.05, 0.1) is 15.5 Å². The summed E-state index contributed by atoms with van der Waals surface area (Å²) >= 11 is 13.3. The van der Waals surface area contributed by atoms with Crippen LogP contribution in [0.25, 0.3) is 10.2 Å². The van der Waals surface area contributed by atoms with Crippen LogP contribution in [0, 0.1) is 0 Å². The number of halogens is 2. The van der Waals surface area contributed by atoms with Gasteiger partial charge in [-0.2, -0.15) is 0 Å². The molecule has 1 aliphatic heterocycles. The highest BCUT2D eigenvalue weighted by atomic mass is 35.5. The van der Waals surface area contributed by atoms with Gasteiger partial charge in [0.25, 0.3) is 11.8 Å². The van der Waals surface area contributed by atoms with Gasteiger partial charge in [0, 0.05) is 5.39 Å². The molecule has 1 aliphatic rings. The predicted molar refractivity (Wildman–Crippen MR) is 97.3 cm³/mol. The van der Waals surface area contributed by atoms with Gasteiger partial charge in [-0.05, 0) is 36.2 Å². The van der Waals surface area contributed by atoms with Gasteiger partial charge in [-0.3, -0.25) is 14.9 Å². The van der Waals surface area contributed by atoms with Crippen LogP contribution in [0.2, 0.25) is 9.49 Å². The third-order valence-corrected chi connectivity index (χ3v) is 5.03. The molecule has 4 nitrogen and oxygen atoms in total. The van der Waals surface area contributed by atoms with Crippen molar-refractivity contribution in [2.45, 2.75) is 13.3 Å². The summed E-state index contributed by atoms with van der Waals surface area (Å²) in [5, 5.41) is 3.88. The van der Waals surface area contributed by atoms with Crippen molar-refractivity contribution in [2.75, 3.05) is 0 Å². The van der Waals surface area contributed by atoms with Crippen LogP contribution in [0.4, 0.5) is 0 Å². The Balaban J connectivity index is 0.000000143. The van der Waals surface area contributed by atoms with Gasteiger partial charge in [-0.25, -0.2) is 4.98 Å². The Bertz CT molecular complexity index is 920. The van der Waals surface area contributed by atoms with E-state index in [0.29, 0.717) is 16.3 Å². The van der Waals surface area contributed by atoms with E-state index in [1.54, 1.807) is 24.3 Å². The van der Waals surface area contributed by atoms with Crippen LogP contribution in [0.5, 0.6) is 0 Å². The van der Waals surface area contributed by atoms with E-state index in [-0.39, 0.29) is 11.8 Å². The van der Waals surface area contributed by atoms with E-state index >= 15 is 0 Å². The van der Waals surface area contributed by atoms with Crippen LogP contribution in [0.15, 0.2) is 36.4 Å². The number of aryl methyl sites for hydroxylation is 1. The fourth-order valence-corrected chi connectivity index (χ4v) is 3.73. The molecule has 0 spiro atoms. The van der Waals surface area contributed by atoms with Crippen molar-refractivity contribution < 1.29 is 9.59 Å². The number of nitrogens with one attached hydrogen (secondary N) is 1. The Morgan fingerprint density at radius 1 is 1.08 bits per heavy atom. The number of hydrogen-bond donors (Lipinski definition) is 1. The van der Waals surface area contributed by atoms with Crippen molar-refractivity contribution in [3.8, 4) is 0 Å². The molecule has 24 heavy (non-hydrogen) atoms. The first-order valence-electron chi connectivity index (χ1n) is 7.18. The maximum absolute atomic E-state index is 10.9. The zero-order valence-electron chi connectivity index (χ0n) is 12.6. The number of thiophene rings is 1. The number of hydrogen-bond acceptors (Lipinski definition) is 4. The predicted octanol–water partition coefficient (Wildman–Crippen LogP) is 4.74. The lowest BCUT2D eigenvalue weighted by Crippen LogP contribution is -2.19. The molecule has 0 aliphatic carbocycles. The van der Waals surface area contributed by atoms with E-state index in [9.17, 15) is 9.59 Å². The molecular weight excluding hydrogens is 367 g/mol. The summed E-state index contributed by atoms with van der Waals surface area (Å²) in [5.74, 6) is -0.601. The Morgan fingerprint density at radius 2 is 1.71 bits per heavy atom. The second-order valence-corrected chi connectivity index (χ2v) is 7.09. The van der Waals surface area contributed by atoms with Crippen molar-refractivity contribution in [2.24, 2.45) is 0 Å². The summed E-state index contributed by atoms with van der Waals surface area (Å²) in [6.45, 7) is 2.06. The van der Waals surface area contributed by atoms with Crippen molar-refractivity contribution in [1.29, 1.82) is 0 Å². The normalized spacial score (nSPS) is 12.6. The van der Waals surface area contributed by atoms with E-state index in [2.05, 4.69) is 17.2 Å². The standard InChI is InChI=1S/C9H7Cl2NS.C8H5NO2/c1-2-5-3-6-4-7(10)13-9(6)12-8(5)11;10-7-5-3-1-2-4-6(5)8(11)9-7/h3-4H,2H2,1H3;1-4H,(H,9,10,11). The molecule has 122 valence electrons. The summed E-state index contributed by atoms with van der Waals surface area (Å²) < 4.78 is 0.756. The number of amides is 2. The third kappa shape index (κ3) is 3.29. The van der Waals surface area contributed by atoms with Gasteiger partial charge in [-0.1, -0.05) is 42.3 Å². The van der Waals surface area contributed by atoms with E-state index in [1.807, 2.05) is 12.1 Å². The Morgan fingerprint density at radius 3 is 2.29 bits per heavy atom. The number of pyridine rings is 1. The number of imide groups is 1. The van der Waals surface area contributed by atoms with Crippen molar-refractivity contribution in [3.05, 3.63) is 62.6 Å². The second kappa shape index (κ2) is 6.89. The maximum atomic E-state index is 10.9. The van der Waals surface area contributed by atoms with Crippen LogP contribution < -0.4 is 5.32 Å². The molecular formula is C17H12Cl2N2O2S. The van der Waals surface area contributed by atoms with Crippen molar-refractivity contribution in [3.63, 3.8) is 0 Å². The molecule has 3 heterocycles. The molecule has 7 heteroatoms. The van der Waals surface area contributed by atoms with Crippen LogP contribution in [0.3, 0.4) is 0 Å². The monoisotopic (exact) mass is 378 g/mol. The second-order valence-electron chi connectivity index (χ2n) is 5.07. The van der Waals surface area contributed by atoms with Gasteiger partial charge < -0.3 is 0 Å². The number of carbonyl (C=O) groups excluding carboxylic acids is 2. The summed E-state index contributed by atoms with van der Waals surface area (Å²) in [5.41, 5.74) is 2.01. The van der Waals surface area contributed by atoms with Crippen molar-refractivity contribution in [1.82, 2.24) is 10.3 Å². The molecule has 1 N–H and O–H groups in total. The van der Waals surface area contributed by atoms with Gasteiger partial charge in [0.15, 0.2) is 0 Å². The first kappa shape index (κ1) is 16.9. The molecule has 2 aromatic heterocycles. The quantitative estimate of drug-likeness (QED) is 0.491. The molecule has 2 amide bonds. The molecule has 3 aromatic rings. The molecule has 0 unspecified atom stereocenters. The fourth-order valence-electron chi connectivity index (χ4n) is 2.33. The van der Waals surface area contributed by atoms with Gasteiger partial charge in [-0.15, -0.1) is 11.3 Å². The number of rotatable bonds is 1. The number of aromatic nitrogens is 1. The lowest BCUT2D eigenvalue weighted by molar-refractivity contribution is 0.0879. The number of fused-ring (bicyclic) bond motifs is 2. The molecule has 0 radical (unpaired) electrons. The number of nitrogens with zero attached hydrogens (tertiary/aromatic N) is 1. The zero-order chi connectivity index (χ0) is 17.3. The van der Waals surface area contributed by atoms with Gasteiger partial charge >= 0.3 is 0 Å². The smallest absolute Gasteiger partial charge is 0.258 e. The average molecular weight is 379 g/mol. The van der Waals surface area contributed by atoms with E-state index in [0.717, 1.165) is 26.5 Å². The Kier molecular flexibility index (Phi) is 4.85. The van der Waals surface area contributed by atoms with E-state index in [1.165, 1.54) is 11.3 Å². The fraction of sp³-hybridized carbons (Fsp3) is 0.118. The molecule has 0 fully saturated rings. The van der Waals surface area contributed by atoms with Gasteiger partial charge in [0.2, 0.25) is 0 Å². The Hall–Kier alpha value is -1.95. The van der Waals surface area contributed by atoms with Gasteiger partial charge in [0.1, 0.15) is 9.98 Å². The lowest BCUT2D eigenvalue weighted by atomic mass is 10.1. The number of carbonyl (C=O) groups is 2. The highest BCUT2D eigenvalue weighted by Crippen LogP contribution is 2.30. The van der Waals surface area contributed by atoms with Crippen LogP contribution in [0.1, 0.15) is 33.2 Å². The largest absolute Gasteiger partial charge is 0.288 e. The topological polar surface area (TPSA) is 59.1 Å². The van der Waals surface area contributed by atoms with Crippen LogP contribution in [-0.2, 0) is 6.42 Å². The molecule has 4 rings (SSSR count). The summed E-state index contributed by atoms with van der Waals surface area (Å²) in [6.07, 6.45) is 0.898. The maximum Gasteiger partial charge on any atom is 0.258 e. The van der Waals surface area contributed by atoms with Crippen LogP contribution >= 0.6 is 34.5 Å². The first-order chi connectivity index (χ1) is 11.5. The molecule has 1 aromatic carbocycles. The van der Waals surface area contributed by atoms with E-state index < -0.39 is 0 Å². The minimum atomic E-state index is -0.300. The first-order valence-corrected chi connectivity index (χ1v) is 8.76. The number of benzene rings is 1. The molecule has 0 atom stereocenters. The Labute approximate surface area is 152 Å².